The molecule has 82 valence electrons. The van der Waals surface area contributed by atoms with Crippen LogP contribution >= 0.6 is 0 Å². The molecular weight excluding hydrogens is 182 g/mol. The van der Waals surface area contributed by atoms with Crippen LogP contribution in [0.4, 0.5) is 0 Å². The van der Waals surface area contributed by atoms with Gasteiger partial charge in [0.2, 0.25) is 0 Å². The molecule has 0 bridgehead atoms. The van der Waals surface area contributed by atoms with Crippen molar-refractivity contribution in [3.8, 4) is 0 Å². The Hall–Kier alpha value is -0.810. The molecule has 1 rings (SSSR count). The first kappa shape index (κ1) is 11.3. The topological polar surface area (TPSA) is 71.1 Å². The zero-order chi connectivity index (χ0) is 10.6. The van der Waals surface area contributed by atoms with Crippen LogP contribution in [-0.2, 0) is 4.74 Å². The maximum Gasteiger partial charge on any atom is 0.153 e. The van der Waals surface area contributed by atoms with Crippen LogP contribution in [0.1, 0.15) is 6.92 Å². The molecule has 1 fully saturated rings. The predicted octanol–water partition coefficient (Wildman–Crippen LogP) is -0.0529. The van der Waals surface area contributed by atoms with Crippen LogP contribution in [0.15, 0.2) is 5.16 Å². The third kappa shape index (κ3) is 2.85. The lowest BCUT2D eigenvalue weighted by Crippen LogP contribution is -2.32. The summed E-state index contributed by atoms with van der Waals surface area (Å²) in [5.41, 5.74) is 5.44. The van der Waals surface area contributed by atoms with Gasteiger partial charge in [0.1, 0.15) is 0 Å². The molecular formula is C9H19N3O2. The third-order valence-corrected chi connectivity index (χ3v) is 2.74. The van der Waals surface area contributed by atoms with E-state index < -0.39 is 0 Å². The van der Waals surface area contributed by atoms with Gasteiger partial charge >= 0.3 is 0 Å². The van der Waals surface area contributed by atoms with Gasteiger partial charge in [-0.3, -0.25) is 4.90 Å². The summed E-state index contributed by atoms with van der Waals surface area (Å²) in [6.45, 7) is 5.49. The highest BCUT2D eigenvalue weighted by atomic mass is 16.5. The molecule has 1 aliphatic rings. The number of oxime groups is 1. The number of nitrogens with zero attached hydrogens (tertiary/aromatic N) is 2. The average molecular weight is 201 g/mol. The van der Waals surface area contributed by atoms with Crippen LogP contribution in [0.3, 0.4) is 0 Å². The summed E-state index contributed by atoms with van der Waals surface area (Å²) in [4.78, 5) is 2.18. The summed E-state index contributed by atoms with van der Waals surface area (Å²) < 4.78 is 5.14. The normalized spacial score (nSPS) is 29.7. The van der Waals surface area contributed by atoms with E-state index in [-0.39, 0.29) is 5.84 Å². The smallest absolute Gasteiger partial charge is 0.153 e. The third-order valence-electron chi connectivity index (χ3n) is 2.74. The Balaban J connectivity index is 2.38. The van der Waals surface area contributed by atoms with Crippen molar-refractivity contribution in [1.82, 2.24) is 4.90 Å². The summed E-state index contributed by atoms with van der Waals surface area (Å²) in [5, 5.41) is 11.4. The second-order valence-corrected chi connectivity index (χ2v) is 3.98. The molecule has 0 aromatic carbocycles. The van der Waals surface area contributed by atoms with Crippen LogP contribution in [0.5, 0.6) is 0 Å². The van der Waals surface area contributed by atoms with Gasteiger partial charge in [-0.05, 0) is 11.8 Å². The Morgan fingerprint density at radius 1 is 1.64 bits per heavy atom. The molecule has 0 aromatic heterocycles. The van der Waals surface area contributed by atoms with Gasteiger partial charge in [0.05, 0.1) is 13.2 Å². The number of nitrogens with two attached hydrogens (primary N) is 1. The van der Waals surface area contributed by atoms with Gasteiger partial charge in [0, 0.05) is 20.2 Å². The number of likely N-dealkylation sites (tertiary alicyclic amines) is 1. The summed E-state index contributed by atoms with van der Waals surface area (Å²) in [6, 6.07) is 0. The van der Waals surface area contributed by atoms with Gasteiger partial charge in [-0.15, -0.1) is 0 Å². The summed E-state index contributed by atoms with van der Waals surface area (Å²) >= 11 is 0. The van der Waals surface area contributed by atoms with Crippen molar-refractivity contribution < 1.29 is 9.94 Å². The van der Waals surface area contributed by atoms with E-state index in [4.69, 9.17) is 15.7 Å². The zero-order valence-electron chi connectivity index (χ0n) is 8.81. The Bertz CT molecular complexity index is 208. The van der Waals surface area contributed by atoms with E-state index in [1.54, 1.807) is 7.11 Å². The standard InChI is InChI=1S/C9H19N3O2/c1-7-3-12(5-9(10)11-13)4-8(7)6-14-2/h7-8,13H,3-6H2,1-2H3,(H2,10,11)/t7-,8+/m1/s1. The van der Waals surface area contributed by atoms with Crippen LogP contribution < -0.4 is 5.73 Å². The van der Waals surface area contributed by atoms with Crippen LogP contribution in [-0.4, -0.2) is 49.3 Å². The van der Waals surface area contributed by atoms with Gasteiger partial charge in [-0.25, -0.2) is 0 Å². The minimum Gasteiger partial charge on any atom is -0.409 e. The molecule has 3 N–H and O–H groups in total. The quantitative estimate of drug-likeness (QED) is 0.289. The van der Waals surface area contributed by atoms with Gasteiger partial charge < -0.3 is 15.7 Å². The Morgan fingerprint density at radius 2 is 2.36 bits per heavy atom. The van der Waals surface area contributed by atoms with E-state index in [9.17, 15) is 0 Å². The number of hydrogen-bond acceptors (Lipinski definition) is 4. The molecule has 0 aliphatic carbocycles. The molecule has 1 saturated heterocycles. The van der Waals surface area contributed by atoms with E-state index in [1.165, 1.54) is 0 Å². The fourth-order valence-corrected chi connectivity index (χ4v) is 1.96. The van der Waals surface area contributed by atoms with E-state index in [0.717, 1.165) is 19.7 Å². The van der Waals surface area contributed by atoms with E-state index in [1.807, 2.05) is 0 Å². The van der Waals surface area contributed by atoms with Gasteiger partial charge in [0.15, 0.2) is 5.84 Å². The molecule has 0 amide bonds. The van der Waals surface area contributed by atoms with Gasteiger partial charge in [-0.1, -0.05) is 12.1 Å². The van der Waals surface area contributed by atoms with Crippen LogP contribution in [0.2, 0.25) is 0 Å². The van der Waals surface area contributed by atoms with Gasteiger partial charge in [-0.2, -0.15) is 0 Å². The fourth-order valence-electron chi connectivity index (χ4n) is 1.96. The maximum absolute atomic E-state index is 8.44. The lowest BCUT2D eigenvalue weighted by atomic mass is 10.00. The van der Waals surface area contributed by atoms with E-state index in [2.05, 4.69) is 17.0 Å². The molecule has 1 aliphatic heterocycles. The first-order chi connectivity index (χ1) is 6.67. The van der Waals surface area contributed by atoms with Crippen molar-refractivity contribution >= 4 is 5.84 Å². The second kappa shape index (κ2) is 5.17. The van der Waals surface area contributed by atoms with E-state index in [0.29, 0.717) is 18.4 Å². The molecule has 14 heavy (non-hydrogen) atoms. The van der Waals surface area contributed by atoms with Crippen molar-refractivity contribution in [3.05, 3.63) is 0 Å². The van der Waals surface area contributed by atoms with E-state index >= 15 is 0 Å². The SMILES string of the molecule is COC[C@@H]1CN(CC(N)=NO)C[C@H]1C. The molecule has 2 atom stereocenters. The van der Waals surface area contributed by atoms with Crippen LogP contribution in [0, 0.1) is 11.8 Å². The minimum absolute atomic E-state index is 0.273. The molecule has 5 heteroatoms. The van der Waals surface area contributed by atoms with Crippen molar-refractivity contribution in [1.29, 1.82) is 0 Å². The zero-order valence-corrected chi connectivity index (χ0v) is 8.81. The average Bonchev–Trinajstić information content (AvgIpc) is 2.47. The first-order valence-electron chi connectivity index (χ1n) is 4.85. The Kier molecular flexibility index (Phi) is 4.16. The Labute approximate surface area is 84.5 Å². The number of amidine groups is 1. The second-order valence-electron chi connectivity index (χ2n) is 3.98. The molecule has 5 nitrogen and oxygen atoms in total. The van der Waals surface area contributed by atoms with Gasteiger partial charge in [0.25, 0.3) is 0 Å². The van der Waals surface area contributed by atoms with Crippen LogP contribution in [0.25, 0.3) is 0 Å². The largest absolute Gasteiger partial charge is 0.409 e. The number of ether oxygens (including phenoxy) is 1. The highest BCUT2D eigenvalue weighted by Gasteiger charge is 2.29. The fraction of sp³-hybridized carbons (Fsp3) is 0.889. The number of rotatable bonds is 4. The number of methoxy groups -OCH3 is 1. The minimum atomic E-state index is 0.273. The molecule has 0 radical (unpaired) electrons. The maximum atomic E-state index is 8.44. The number of hydrogen-bond donors (Lipinski definition) is 2. The monoisotopic (exact) mass is 201 g/mol. The first-order valence-corrected chi connectivity index (χ1v) is 4.85. The molecule has 1 heterocycles. The van der Waals surface area contributed by atoms with Crippen molar-refractivity contribution in [2.45, 2.75) is 6.92 Å². The molecule has 0 spiro atoms. The lowest BCUT2D eigenvalue weighted by Gasteiger charge is -2.14. The predicted molar refractivity (Wildman–Crippen MR) is 54.4 cm³/mol. The van der Waals surface area contributed by atoms with Crippen molar-refractivity contribution in [2.24, 2.45) is 22.7 Å². The summed E-state index contributed by atoms with van der Waals surface area (Å²) in [6.07, 6.45) is 0. The summed E-state index contributed by atoms with van der Waals surface area (Å²) in [7, 11) is 1.72. The lowest BCUT2D eigenvalue weighted by molar-refractivity contribution is 0.141. The van der Waals surface area contributed by atoms with Crippen molar-refractivity contribution in [3.63, 3.8) is 0 Å². The highest BCUT2D eigenvalue weighted by molar-refractivity contribution is 5.81. The molecule has 0 unspecified atom stereocenters. The highest BCUT2D eigenvalue weighted by Crippen LogP contribution is 2.22. The molecule has 0 saturated carbocycles. The summed E-state index contributed by atoms with van der Waals surface area (Å²) in [5.74, 6) is 1.45. The van der Waals surface area contributed by atoms with Crippen molar-refractivity contribution in [2.75, 3.05) is 33.4 Å². The molecule has 0 aromatic rings. The Morgan fingerprint density at radius 3 is 2.93 bits per heavy atom.